The Hall–Kier alpha value is -1.68. The van der Waals surface area contributed by atoms with Crippen LogP contribution in [0.1, 0.15) is 5.56 Å². The largest absolute Gasteiger partial charge is 0.496 e. The summed E-state index contributed by atoms with van der Waals surface area (Å²) < 4.78 is 18.8. The first kappa shape index (κ1) is 11.8. The number of benzene rings is 1. The van der Waals surface area contributed by atoms with E-state index in [1.807, 2.05) is 13.0 Å². The van der Waals surface area contributed by atoms with Gasteiger partial charge < -0.3 is 4.74 Å². The average Bonchev–Trinajstić information content (AvgIpc) is 2.32. The highest BCUT2D eigenvalue weighted by molar-refractivity contribution is 6.28. The van der Waals surface area contributed by atoms with Crippen LogP contribution in [0, 0.1) is 12.7 Å². The number of ether oxygens (including phenoxy) is 1. The van der Waals surface area contributed by atoms with Gasteiger partial charge in [0.15, 0.2) is 5.82 Å². The Morgan fingerprint density at radius 1 is 1.35 bits per heavy atom. The molecule has 5 heteroatoms. The maximum atomic E-state index is 13.7. The summed E-state index contributed by atoms with van der Waals surface area (Å²) in [7, 11) is 1.52. The molecular weight excluding hydrogens is 243 g/mol. The van der Waals surface area contributed by atoms with Crippen LogP contribution in [-0.4, -0.2) is 17.1 Å². The van der Waals surface area contributed by atoms with Gasteiger partial charge in [-0.2, -0.15) is 0 Å². The molecule has 3 nitrogen and oxygen atoms in total. The second kappa shape index (κ2) is 4.67. The lowest BCUT2D eigenvalue weighted by atomic mass is 10.1. The van der Waals surface area contributed by atoms with Gasteiger partial charge in [-0.15, -0.1) is 0 Å². The van der Waals surface area contributed by atoms with Crippen LogP contribution in [0.5, 0.6) is 5.75 Å². The lowest BCUT2D eigenvalue weighted by Crippen LogP contribution is -1.96. The normalized spacial score (nSPS) is 10.4. The van der Waals surface area contributed by atoms with Crippen LogP contribution in [0.15, 0.2) is 24.4 Å². The van der Waals surface area contributed by atoms with Crippen molar-refractivity contribution in [2.75, 3.05) is 7.11 Å². The van der Waals surface area contributed by atoms with Crippen molar-refractivity contribution < 1.29 is 9.13 Å². The Kier molecular flexibility index (Phi) is 3.24. The average molecular weight is 253 g/mol. The minimum atomic E-state index is -0.529. The number of aromatic nitrogens is 2. The zero-order chi connectivity index (χ0) is 12.4. The molecule has 0 radical (unpaired) electrons. The van der Waals surface area contributed by atoms with E-state index < -0.39 is 5.82 Å². The quantitative estimate of drug-likeness (QED) is 0.770. The molecule has 2 aromatic rings. The van der Waals surface area contributed by atoms with E-state index in [0.29, 0.717) is 11.3 Å². The predicted octanol–water partition coefficient (Wildman–Crippen LogP) is 3.25. The van der Waals surface area contributed by atoms with Crippen molar-refractivity contribution in [3.63, 3.8) is 0 Å². The van der Waals surface area contributed by atoms with Crippen molar-refractivity contribution >= 4 is 11.6 Å². The Labute approximate surface area is 103 Å². The highest BCUT2D eigenvalue weighted by Gasteiger charge is 2.13. The molecule has 2 rings (SSSR count). The SMILES string of the molecule is COc1ccc(C)cc1-c1nc(Cl)ncc1F. The maximum absolute atomic E-state index is 13.7. The number of hydrogen-bond acceptors (Lipinski definition) is 3. The molecule has 1 aromatic carbocycles. The lowest BCUT2D eigenvalue weighted by Gasteiger charge is -2.09. The Bertz CT molecular complexity index is 560. The topological polar surface area (TPSA) is 35.0 Å². The van der Waals surface area contributed by atoms with Crippen LogP contribution in [0.2, 0.25) is 5.28 Å². The van der Waals surface area contributed by atoms with Crippen molar-refractivity contribution in [1.82, 2.24) is 9.97 Å². The fourth-order valence-corrected chi connectivity index (χ4v) is 1.67. The van der Waals surface area contributed by atoms with Gasteiger partial charge in [0.25, 0.3) is 0 Å². The Morgan fingerprint density at radius 3 is 2.82 bits per heavy atom. The van der Waals surface area contributed by atoms with E-state index in [2.05, 4.69) is 9.97 Å². The number of aryl methyl sites for hydroxylation is 1. The second-order valence-corrected chi connectivity index (χ2v) is 3.88. The number of methoxy groups -OCH3 is 1. The molecule has 0 aliphatic carbocycles. The minimum Gasteiger partial charge on any atom is -0.496 e. The van der Waals surface area contributed by atoms with Crippen LogP contribution in [0.25, 0.3) is 11.3 Å². The Morgan fingerprint density at radius 2 is 2.12 bits per heavy atom. The van der Waals surface area contributed by atoms with Gasteiger partial charge in [0.2, 0.25) is 5.28 Å². The standard InChI is InChI=1S/C12H10ClFN2O/c1-7-3-4-10(17-2)8(5-7)11-9(14)6-15-12(13)16-11/h3-6H,1-2H3. The third-order valence-corrected chi connectivity index (χ3v) is 2.51. The maximum Gasteiger partial charge on any atom is 0.223 e. The summed E-state index contributed by atoms with van der Waals surface area (Å²) in [6.07, 6.45) is 1.05. The van der Waals surface area contributed by atoms with Crippen molar-refractivity contribution in [1.29, 1.82) is 0 Å². The molecule has 0 unspecified atom stereocenters. The summed E-state index contributed by atoms with van der Waals surface area (Å²) in [5, 5.41) is 0.00459. The zero-order valence-electron chi connectivity index (χ0n) is 9.37. The lowest BCUT2D eigenvalue weighted by molar-refractivity contribution is 0.416. The Balaban J connectivity index is 2.66. The van der Waals surface area contributed by atoms with E-state index in [4.69, 9.17) is 16.3 Å². The summed E-state index contributed by atoms with van der Waals surface area (Å²) in [6, 6.07) is 5.43. The van der Waals surface area contributed by atoms with Gasteiger partial charge in [0.05, 0.1) is 13.3 Å². The molecule has 88 valence electrons. The molecule has 0 fully saturated rings. The van der Waals surface area contributed by atoms with Gasteiger partial charge >= 0.3 is 0 Å². The van der Waals surface area contributed by atoms with E-state index in [1.54, 1.807) is 12.1 Å². The van der Waals surface area contributed by atoms with Crippen molar-refractivity contribution in [2.45, 2.75) is 6.92 Å². The molecule has 0 amide bonds. The molecule has 0 saturated carbocycles. The molecular formula is C12H10ClFN2O. The third kappa shape index (κ3) is 2.36. The molecule has 1 heterocycles. The van der Waals surface area contributed by atoms with Crippen LogP contribution in [0.4, 0.5) is 4.39 Å². The van der Waals surface area contributed by atoms with Crippen LogP contribution in [0.3, 0.4) is 0 Å². The van der Waals surface area contributed by atoms with Crippen molar-refractivity contribution in [2.24, 2.45) is 0 Å². The third-order valence-electron chi connectivity index (χ3n) is 2.32. The van der Waals surface area contributed by atoms with E-state index in [1.165, 1.54) is 7.11 Å². The molecule has 17 heavy (non-hydrogen) atoms. The molecule has 0 aliphatic heterocycles. The molecule has 0 atom stereocenters. The van der Waals surface area contributed by atoms with E-state index in [-0.39, 0.29) is 11.0 Å². The van der Waals surface area contributed by atoms with E-state index in [9.17, 15) is 4.39 Å². The van der Waals surface area contributed by atoms with Crippen LogP contribution >= 0.6 is 11.6 Å². The van der Waals surface area contributed by atoms with Gasteiger partial charge in [-0.25, -0.2) is 14.4 Å². The van der Waals surface area contributed by atoms with E-state index in [0.717, 1.165) is 11.8 Å². The van der Waals surface area contributed by atoms with Gasteiger partial charge in [-0.3, -0.25) is 0 Å². The second-order valence-electron chi connectivity index (χ2n) is 3.54. The highest BCUT2D eigenvalue weighted by atomic mass is 35.5. The molecule has 0 spiro atoms. The zero-order valence-corrected chi connectivity index (χ0v) is 10.1. The number of halogens is 2. The summed E-state index contributed by atoms with van der Waals surface area (Å²) in [4.78, 5) is 7.47. The van der Waals surface area contributed by atoms with E-state index >= 15 is 0 Å². The molecule has 1 aromatic heterocycles. The van der Waals surface area contributed by atoms with Crippen molar-refractivity contribution in [3.05, 3.63) is 41.1 Å². The molecule has 0 saturated heterocycles. The first-order chi connectivity index (χ1) is 8.11. The summed E-state index contributed by atoms with van der Waals surface area (Å²) in [6.45, 7) is 1.91. The minimum absolute atomic E-state index is 0.00459. The fraction of sp³-hybridized carbons (Fsp3) is 0.167. The highest BCUT2D eigenvalue weighted by Crippen LogP contribution is 2.31. The molecule has 0 N–H and O–H groups in total. The predicted molar refractivity (Wildman–Crippen MR) is 63.7 cm³/mol. The van der Waals surface area contributed by atoms with Gasteiger partial charge in [-0.1, -0.05) is 11.6 Å². The summed E-state index contributed by atoms with van der Waals surface area (Å²) in [5.74, 6) is 0.0163. The van der Waals surface area contributed by atoms with Gasteiger partial charge in [-0.05, 0) is 30.7 Å². The van der Waals surface area contributed by atoms with Crippen LogP contribution < -0.4 is 4.74 Å². The first-order valence-electron chi connectivity index (χ1n) is 4.95. The fourth-order valence-electron chi connectivity index (χ4n) is 1.54. The number of rotatable bonds is 2. The molecule has 0 bridgehead atoms. The number of nitrogens with zero attached hydrogens (tertiary/aromatic N) is 2. The van der Waals surface area contributed by atoms with Crippen molar-refractivity contribution in [3.8, 4) is 17.0 Å². The van der Waals surface area contributed by atoms with Gasteiger partial charge in [0.1, 0.15) is 11.4 Å². The summed E-state index contributed by atoms with van der Waals surface area (Å²) in [5.41, 5.74) is 1.69. The monoisotopic (exact) mass is 252 g/mol. The first-order valence-corrected chi connectivity index (χ1v) is 5.32. The van der Waals surface area contributed by atoms with Crippen LogP contribution in [-0.2, 0) is 0 Å². The number of hydrogen-bond donors (Lipinski definition) is 0. The van der Waals surface area contributed by atoms with Gasteiger partial charge in [0, 0.05) is 5.56 Å². The smallest absolute Gasteiger partial charge is 0.223 e. The molecule has 0 aliphatic rings. The summed E-state index contributed by atoms with van der Waals surface area (Å²) >= 11 is 5.67.